The summed E-state index contributed by atoms with van der Waals surface area (Å²) in [4.78, 5) is 0. The monoisotopic (exact) mass is 311 g/mol. The van der Waals surface area contributed by atoms with Crippen molar-refractivity contribution >= 4 is 0 Å². The van der Waals surface area contributed by atoms with Crippen LogP contribution in [0.15, 0.2) is 24.3 Å². The fourth-order valence-corrected chi connectivity index (χ4v) is 4.45. The molecular formula is C18H15F2N3. The van der Waals surface area contributed by atoms with Crippen LogP contribution >= 0.6 is 0 Å². The second-order valence-electron chi connectivity index (χ2n) is 6.56. The van der Waals surface area contributed by atoms with Crippen LogP contribution in [0.4, 0.5) is 8.78 Å². The molecule has 1 saturated carbocycles. The van der Waals surface area contributed by atoms with E-state index in [1.807, 2.05) is 0 Å². The highest BCUT2D eigenvalue weighted by Crippen LogP contribution is 2.61. The summed E-state index contributed by atoms with van der Waals surface area (Å²) in [5.74, 6) is -0.668. The van der Waals surface area contributed by atoms with Gasteiger partial charge in [-0.2, -0.15) is 15.5 Å². The Morgan fingerprint density at radius 3 is 2.74 bits per heavy atom. The number of hydrogen-bond donors (Lipinski definition) is 0. The number of benzene rings is 1. The molecule has 0 spiro atoms. The molecule has 23 heavy (non-hydrogen) atoms. The van der Waals surface area contributed by atoms with Crippen LogP contribution in [0, 0.1) is 28.9 Å². The third-order valence-corrected chi connectivity index (χ3v) is 5.68. The normalized spacial score (nSPS) is 27.7. The number of fused-ring (bicyclic) bond motifs is 5. The first-order valence-corrected chi connectivity index (χ1v) is 7.78. The number of hydrogen-bond acceptors (Lipinski definition) is 3. The van der Waals surface area contributed by atoms with Crippen molar-refractivity contribution in [2.75, 3.05) is 0 Å². The minimum atomic E-state index is -0.637. The average molecular weight is 311 g/mol. The van der Waals surface area contributed by atoms with Crippen molar-refractivity contribution in [1.82, 2.24) is 10.2 Å². The minimum Gasteiger partial charge on any atom is -0.206 e. The number of aromatic nitrogens is 2. The van der Waals surface area contributed by atoms with Crippen molar-refractivity contribution in [3.63, 3.8) is 0 Å². The molecule has 1 aromatic heterocycles. The summed E-state index contributed by atoms with van der Waals surface area (Å²) in [7, 11) is 0. The maximum atomic E-state index is 14.0. The van der Waals surface area contributed by atoms with Crippen molar-refractivity contribution < 1.29 is 8.78 Å². The molecule has 0 saturated heterocycles. The van der Waals surface area contributed by atoms with E-state index in [4.69, 9.17) is 0 Å². The molecule has 2 bridgehead atoms. The van der Waals surface area contributed by atoms with Gasteiger partial charge in [-0.1, -0.05) is 13.0 Å². The van der Waals surface area contributed by atoms with Gasteiger partial charge in [0.05, 0.1) is 23.0 Å². The number of rotatable bonds is 2. The minimum absolute atomic E-state index is 0.132. The summed E-state index contributed by atoms with van der Waals surface area (Å²) in [5, 5.41) is 17.6. The summed E-state index contributed by atoms with van der Waals surface area (Å²) in [6.45, 7) is 2.14. The van der Waals surface area contributed by atoms with Gasteiger partial charge in [-0.15, -0.1) is 0 Å². The quantitative estimate of drug-likeness (QED) is 0.839. The van der Waals surface area contributed by atoms with Crippen LogP contribution in [0.3, 0.4) is 0 Å². The maximum Gasteiger partial charge on any atom is 0.135 e. The highest BCUT2D eigenvalue weighted by Gasteiger charge is 2.56. The lowest BCUT2D eigenvalue weighted by Crippen LogP contribution is -2.27. The zero-order valence-electron chi connectivity index (χ0n) is 12.7. The molecule has 0 amide bonds. The summed E-state index contributed by atoms with van der Waals surface area (Å²) in [5.41, 5.74) is 1.71. The van der Waals surface area contributed by atoms with Gasteiger partial charge >= 0.3 is 0 Å². The predicted octanol–water partition coefficient (Wildman–Crippen LogP) is 4.10. The van der Waals surface area contributed by atoms with E-state index in [-0.39, 0.29) is 16.7 Å². The highest BCUT2D eigenvalue weighted by molar-refractivity contribution is 5.62. The molecule has 1 heterocycles. The Bertz CT molecular complexity index is 822. The Balaban J connectivity index is 1.88. The fourth-order valence-electron chi connectivity index (χ4n) is 4.45. The van der Waals surface area contributed by atoms with E-state index in [0.29, 0.717) is 18.3 Å². The molecule has 0 N–H and O–H groups in total. The van der Waals surface area contributed by atoms with Crippen molar-refractivity contribution in [2.24, 2.45) is 5.92 Å². The summed E-state index contributed by atoms with van der Waals surface area (Å²) in [6.07, 6.45) is 2.34. The second-order valence-corrected chi connectivity index (χ2v) is 6.56. The van der Waals surface area contributed by atoms with Crippen molar-refractivity contribution in [2.45, 2.75) is 37.5 Å². The smallest absolute Gasteiger partial charge is 0.135 e. The van der Waals surface area contributed by atoms with Gasteiger partial charge in [0, 0.05) is 11.8 Å². The van der Waals surface area contributed by atoms with Crippen LogP contribution in [0.2, 0.25) is 0 Å². The van der Waals surface area contributed by atoms with Crippen LogP contribution in [0.5, 0.6) is 0 Å². The zero-order chi connectivity index (χ0) is 16.2. The van der Waals surface area contributed by atoms with Gasteiger partial charge in [0.2, 0.25) is 0 Å². The van der Waals surface area contributed by atoms with Crippen LogP contribution in [-0.2, 0) is 5.41 Å². The summed E-state index contributed by atoms with van der Waals surface area (Å²) >= 11 is 0. The number of nitrogens with zero attached hydrogens (tertiary/aromatic N) is 3. The average Bonchev–Trinajstić information content (AvgIpc) is 2.96. The number of halogens is 2. The molecule has 2 aromatic rings. The van der Waals surface area contributed by atoms with Crippen LogP contribution in [0.25, 0.3) is 11.3 Å². The lowest BCUT2D eigenvalue weighted by molar-refractivity contribution is 0.347. The SMILES string of the molecule is CC1[C@H]2CC[C@]1(CC#N)c1nnc(-c3c(F)cccc3F)cc12. The van der Waals surface area contributed by atoms with E-state index in [9.17, 15) is 14.0 Å². The van der Waals surface area contributed by atoms with Gasteiger partial charge in [0.25, 0.3) is 0 Å². The van der Waals surface area contributed by atoms with Crippen LogP contribution in [-0.4, -0.2) is 10.2 Å². The van der Waals surface area contributed by atoms with E-state index in [1.54, 1.807) is 6.07 Å². The first kappa shape index (κ1) is 14.3. The molecule has 3 atom stereocenters. The van der Waals surface area contributed by atoms with E-state index < -0.39 is 11.6 Å². The van der Waals surface area contributed by atoms with Crippen molar-refractivity contribution in [3.8, 4) is 17.3 Å². The van der Waals surface area contributed by atoms with E-state index in [0.717, 1.165) is 24.1 Å². The Hall–Kier alpha value is -2.35. The summed E-state index contributed by atoms with van der Waals surface area (Å²) in [6, 6.07) is 7.82. The molecule has 1 aromatic carbocycles. The largest absolute Gasteiger partial charge is 0.206 e. The van der Waals surface area contributed by atoms with E-state index in [1.165, 1.54) is 18.2 Å². The van der Waals surface area contributed by atoms with Gasteiger partial charge in [0.1, 0.15) is 11.6 Å². The zero-order valence-corrected chi connectivity index (χ0v) is 12.7. The standard InChI is InChI=1S/C18H15F2N3/c1-10-11-5-6-18(10,7-8-21)17-12(11)9-15(22-23-17)16-13(19)3-2-4-14(16)20/h2-4,9-11H,5-7H2,1H3/t10?,11-,18-/m1/s1. The second kappa shape index (κ2) is 4.82. The lowest BCUT2D eigenvalue weighted by Gasteiger charge is -2.27. The van der Waals surface area contributed by atoms with E-state index in [2.05, 4.69) is 23.2 Å². The molecular weight excluding hydrogens is 296 g/mol. The molecule has 0 aliphatic heterocycles. The lowest BCUT2D eigenvalue weighted by atomic mass is 9.76. The van der Waals surface area contributed by atoms with Crippen LogP contribution < -0.4 is 0 Å². The molecule has 0 radical (unpaired) electrons. The molecule has 116 valence electrons. The van der Waals surface area contributed by atoms with Crippen molar-refractivity contribution in [3.05, 3.63) is 47.2 Å². The van der Waals surface area contributed by atoms with E-state index >= 15 is 0 Å². The van der Waals surface area contributed by atoms with Gasteiger partial charge in [0.15, 0.2) is 0 Å². The highest BCUT2D eigenvalue weighted by atomic mass is 19.1. The third kappa shape index (κ3) is 1.78. The number of nitriles is 1. The summed E-state index contributed by atoms with van der Waals surface area (Å²) < 4.78 is 28.0. The van der Waals surface area contributed by atoms with Gasteiger partial charge in [-0.3, -0.25) is 0 Å². The fraction of sp³-hybridized carbons (Fsp3) is 0.389. The maximum absolute atomic E-state index is 14.0. The van der Waals surface area contributed by atoms with Gasteiger partial charge in [-0.05, 0) is 48.4 Å². The van der Waals surface area contributed by atoms with Gasteiger partial charge in [-0.25, -0.2) is 8.78 Å². The Labute approximate surface area is 133 Å². The molecule has 1 fully saturated rings. The first-order valence-electron chi connectivity index (χ1n) is 7.78. The molecule has 4 rings (SSSR count). The Kier molecular flexibility index (Phi) is 2.99. The first-order chi connectivity index (χ1) is 11.1. The molecule has 2 aliphatic carbocycles. The Morgan fingerprint density at radius 2 is 2.04 bits per heavy atom. The molecule has 5 heteroatoms. The molecule has 1 unspecified atom stereocenters. The van der Waals surface area contributed by atoms with Crippen molar-refractivity contribution in [1.29, 1.82) is 5.26 Å². The topological polar surface area (TPSA) is 49.6 Å². The predicted molar refractivity (Wildman–Crippen MR) is 80.4 cm³/mol. The van der Waals surface area contributed by atoms with Crippen LogP contribution in [0.1, 0.15) is 43.4 Å². The Morgan fingerprint density at radius 1 is 1.30 bits per heavy atom. The molecule has 2 aliphatic rings. The molecule has 3 nitrogen and oxygen atoms in total. The van der Waals surface area contributed by atoms with Gasteiger partial charge < -0.3 is 0 Å². The third-order valence-electron chi connectivity index (χ3n) is 5.68.